The molecule has 23 heavy (non-hydrogen) atoms. The molecular formula is C21H17N2+. The van der Waals surface area contributed by atoms with E-state index in [2.05, 4.69) is 88.7 Å². The zero-order chi connectivity index (χ0) is 15.2. The van der Waals surface area contributed by atoms with Crippen LogP contribution in [0, 0.1) is 0 Å². The Bertz CT molecular complexity index is 1040. The molecule has 0 fully saturated rings. The highest BCUT2D eigenvalue weighted by atomic mass is 15.2. The Morgan fingerprint density at radius 1 is 0.739 bits per heavy atom. The summed E-state index contributed by atoms with van der Waals surface area (Å²) in [7, 11) is 0. The Balaban J connectivity index is 1.58. The van der Waals surface area contributed by atoms with Crippen molar-refractivity contribution in [3.63, 3.8) is 0 Å². The Kier molecular flexibility index (Phi) is 2.65. The van der Waals surface area contributed by atoms with E-state index in [0.717, 1.165) is 6.54 Å². The third kappa shape index (κ3) is 1.99. The maximum Gasteiger partial charge on any atom is 0.275 e. The van der Waals surface area contributed by atoms with E-state index in [0.29, 0.717) is 6.04 Å². The molecule has 0 saturated carbocycles. The minimum atomic E-state index is 0.324. The zero-order valence-electron chi connectivity index (χ0n) is 12.7. The van der Waals surface area contributed by atoms with Gasteiger partial charge in [-0.05, 0) is 29.0 Å². The molecule has 0 amide bonds. The van der Waals surface area contributed by atoms with Crippen molar-refractivity contribution < 1.29 is 4.57 Å². The lowest BCUT2D eigenvalue weighted by molar-refractivity contribution is -0.648. The number of fused-ring (bicyclic) bond motifs is 4. The standard InChI is InChI=1S/C21H16N2/c1-2-7-17-13-18(10-9-15(17)5-1)19-14-23-20-8-4-3-6-16(20)11-12-21(23)22-19/h1-13,19H,14H2/p+1/t19-/m1/s1. The number of aromatic nitrogens is 1. The number of benzene rings is 3. The van der Waals surface area contributed by atoms with Crippen LogP contribution < -0.4 is 9.88 Å². The summed E-state index contributed by atoms with van der Waals surface area (Å²) >= 11 is 0. The van der Waals surface area contributed by atoms with E-state index >= 15 is 0 Å². The molecule has 5 rings (SSSR count). The first kappa shape index (κ1) is 12.7. The van der Waals surface area contributed by atoms with E-state index < -0.39 is 0 Å². The van der Waals surface area contributed by atoms with Gasteiger partial charge in [-0.2, -0.15) is 0 Å². The Hall–Kier alpha value is -2.87. The molecule has 110 valence electrons. The predicted molar refractivity (Wildman–Crippen MR) is 94.5 cm³/mol. The number of nitrogens with zero attached hydrogens (tertiary/aromatic N) is 1. The van der Waals surface area contributed by atoms with Gasteiger partial charge in [0.05, 0.1) is 0 Å². The molecule has 0 saturated heterocycles. The molecule has 1 aliphatic heterocycles. The van der Waals surface area contributed by atoms with Crippen molar-refractivity contribution in [1.29, 1.82) is 0 Å². The van der Waals surface area contributed by atoms with E-state index in [1.54, 1.807) is 0 Å². The van der Waals surface area contributed by atoms with Gasteiger partial charge in [0.15, 0.2) is 6.04 Å². The fraction of sp³-hybridized carbons (Fsp3) is 0.0952. The van der Waals surface area contributed by atoms with E-state index in [1.807, 2.05) is 0 Å². The summed E-state index contributed by atoms with van der Waals surface area (Å²) in [6.45, 7) is 0.967. The first-order chi connectivity index (χ1) is 11.4. The topological polar surface area (TPSA) is 15.9 Å². The molecule has 0 aliphatic carbocycles. The van der Waals surface area contributed by atoms with Gasteiger partial charge in [-0.25, -0.2) is 4.57 Å². The third-order valence-corrected chi connectivity index (χ3v) is 4.80. The minimum Gasteiger partial charge on any atom is -0.263 e. The zero-order valence-corrected chi connectivity index (χ0v) is 12.7. The van der Waals surface area contributed by atoms with Gasteiger partial charge in [-0.15, -0.1) is 0 Å². The van der Waals surface area contributed by atoms with E-state index in [1.165, 1.54) is 33.1 Å². The molecule has 0 spiro atoms. The van der Waals surface area contributed by atoms with Gasteiger partial charge in [0.2, 0.25) is 0 Å². The maximum atomic E-state index is 3.67. The average Bonchev–Trinajstić information content (AvgIpc) is 3.06. The number of nitrogens with one attached hydrogen (secondary N) is 1. The third-order valence-electron chi connectivity index (χ3n) is 4.80. The van der Waals surface area contributed by atoms with Crippen molar-refractivity contribution in [3.8, 4) is 0 Å². The second-order valence-corrected chi connectivity index (χ2v) is 6.19. The van der Waals surface area contributed by atoms with Gasteiger partial charge >= 0.3 is 0 Å². The van der Waals surface area contributed by atoms with E-state index in [-0.39, 0.29) is 0 Å². The lowest BCUT2D eigenvalue weighted by Gasteiger charge is -2.07. The van der Waals surface area contributed by atoms with Crippen LogP contribution in [0.3, 0.4) is 0 Å². The average molecular weight is 297 g/mol. The lowest BCUT2D eigenvalue weighted by atomic mass is 10.0. The van der Waals surface area contributed by atoms with Crippen LogP contribution in [0.25, 0.3) is 21.7 Å². The number of hydrogen-bond acceptors (Lipinski definition) is 1. The van der Waals surface area contributed by atoms with Crippen LogP contribution >= 0.6 is 0 Å². The molecule has 1 aromatic heterocycles. The molecule has 2 nitrogen and oxygen atoms in total. The molecule has 1 aliphatic rings. The van der Waals surface area contributed by atoms with Gasteiger partial charge in [0.25, 0.3) is 5.82 Å². The minimum absolute atomic E-state index is 0.324. The van der Waals surface area contributed by atoms with Gasteiger partial charge in [-0.3, -0.25) is 5.32 Å². The first-order valence-electron chi connectivity index (χ1n) is 8.05. The van der Waals surface area contributed by atoms with Crippen LogP contribution in [0.15, 0.2) is 78.9 Å². The normalized spacial score (nSPS) is 16.4. The number of rotatable bonds is 1. The van der Waals surface area contributed by atoms with Crippen molar-refractivity contribution in [3.05, 3.63) is 84.4 Å². The van der Waals surface area contributed by atoms with Crippen molar-refractivity contribution in [2.24, 2.45) is 0 Å². The van der Waals surface area contributed by atoms with Crippen LogP contribution in [0.4, 0.5) is 5.82 Å². The van der Waals surface area contributed by atoms with Gasteiger partial charge in [0.1, 0.15) is 12.1 Å². The highest BCUT2D eigenvalue weighted by molar-refractivity contribution is 5.83. The van der Waals surface area contributed by atoms with Crippen LogP contribution in [-0.2, 0) is 6.54 Å². The molecule has 2 heteroatoms. The smallest absolute Gasteiger partial charge is 0.263 e. The molecular weight excluding hydrogens is 280 g/mol. The van der Waals surface area contributed by atoms with Gasteiger partial charge in [0, 0.05) is 17.0 Å². The number of hydrogen-bond donors (Lipinski definition) is 1. The van der Waals surface area contributed by atoms with Crippen LogP contribution in [0.1, 0.15) is 11.6 Å². The number of para-hydroxylation sites is 1. The summed E-state index contributed by atoms with van der Waals surface area (Å²) in [6.07, 6.45) is 0. The van der Waals surface area contributed by atoms with Gasteiger partial charge in [-0.1, -0.05) is 54.6 Å². The second-order valence-electron chi connectivity index (χ2n) is 6.19. The monoisotopic (exact) mass is 297 g/mol. The summed E-state index contributed by atoms with van der Waals surface area (Å²) in [5.41, 5.74) is 2.64. The summed E-state index contributed by atoms with van der Waals surface area (Å²) < 4.78 is 2.38. The molecule has 3 aromatic carbocycles. The van der Waals surface area contributed by atoms with E-state index in [9.17, 15) is 0 Å². The van der Waals surface area contributed by atoms with E-state index in [4.69, 9.17) is 0 Å². The highest BCUT2D eigenvalue weighted by Gasteiger charge is 2.30. The van der Waals surface area contributed by atoms with Crippen LogP contribution in [0.2, 0.25) is 0 Å². The lowest BCUT2D eigenvalue weighted by Crippen LogP contribution is -2.32. The fourth-order valence-corrected chi connectivity index (χ4v) is 3.61. The van der Waals surface area contributed by atoms with Crippen molar-refractivity contribution >= 4 is 27.5 Å². The van der Waals surface area contributed by atoms with Crippen molar-refractivity contribution in [2.75, 3.05) is 5.32 Å². The maximum absolute atomic E-state index is 3.67. The first-order valence-corrected chi connectivity index (χ1v) is 8.05. The van der Waals surface area contributed by atoms with Gasteiger partial charge < -0.3 is 0 Å². The molecule has 0 bridgehead atoms. The summed E-state index contributed by atoms with van der Waals surface area (Å²) in [4.78, 5) is 0. The predicted octanol–water partition coefficient (Wildman–Crippen LogP) is 4.45. The summed E-state index contributed by atoms with van der Waals surface area (Å²) in [5, 5.41) is 7.56. The quantitative estimate of drug-likeness (QED) is 0.513. The van der Waals surface area contributed by atoms with Crippen molar-refractivity contribution in [2.45, 2.75) is 12.6 Å². The molecule has 4 aromatic rings. The molecule has 2 heterocycles. The largest absolute Gasteiger partial charge is 0.275 e. The fourth-order valence-electron chi connectivity index (χ4n) is 3.61. The Morgan fingerprint density at radius 2 is 1.48 bits per heavy atom. The second kappa shape index (κ2) is 4.82. The molecule has 1 N–H and O–H groups in total. The SMILES string of the molecule is c1ccc2cc([C@H]3C[n+]4c(ccc5ccccc54)N3)ccc2c1. The Labute approximate surface area is 135 Å². The molecule has 0 unspecified atom stereocenters. The molecule has 0 radical (unpaired) electrons. The Morgan fingerprint density at radius 3 is 2.39 bits per heavy atom. The number of pyridine rings is 1. The van der Waals surface area contributed by atoms with Crippen LogP contribution in [0.5, 0.6) is 0 Å². The molecule has 1 atom stereocenters. The summed E-state index contributed by atoms with van der Waals surface area (Å²) in [6, 6.07) is 28.6. The van der Waals surface area contributed by atoms with Crippen molar-refractivity contribution in [1.82, 2.24) is 0 Å². The van der Waals surface area contributed by atoms with Crippen LogP contribution in [-0.4, -0.2) is 0 Å². The highest BCUT2D eigenvalue weighted by Crippen LogP contribution is 2.28. The number of anilines is 1. The summed E-state index contributed by atoms with van der Waals surface area (Å²) in [5.74, 6) is 1.20.